The number of nitrogens with two attached hydrogens (primary N) is 1. The van der Waals surface area contributed by atoms with Gasteiger partial charge in [0.25, 0.3) is 5.56 Å². The Balaban J connectivity index is 2.07. The Hall–Kier alpha value is -2.48. The van der Waals surface area contributed by atoms with E-state index in [1.54, 1.807) is 6.07 Å². The Bertz CT molecular complexity index is 792. The number of ether oxygens (including phenoxy) is 1. The van der Waals surface area contributed by atoms with E-state index in [9.17, 15) is 15.0 Å². The number of aliphatic hydroxyl groups excluding tert-OH is 2. The summed E-state index contributed by atoms with van der Waals surface area (Å²) in [7, 11) is 0. The highest BCUT2D eigenvalue weighted by Crippen LogP contribution is 2.37. The predicted molar refractivity (Wildman–Crippen MR) is 68.7 cm³/mol. The second-order valence-electron chi connectivity index (χ2n) is 4.76. The number of fused-ring (bicyclic) bond motifs is 1. The van der Waals surface area contributed by atoms with Crippen molar-refractivity contribution in [2.24, 2.45) is 0 Å². The number of aromatic nitrogens is 4. The zero-order chi connectivity index (χ0) is 15.2. The van der Waals surface area contributed by atoms with Crippen molar-refractivity contribution in [1.29, 1.82) is 5.26 Å². The van der Waals surface area contributed by atoms with Crippen LogP contribution >= 0.6 is 0 Å². The van der Waals surface area contributed by atoms with Crippen LogP contribution < -0.4 is 11.3 Å². The lowest BCUT2D eigenvalue weighted by atomic mass is 10.00. The number of H-pyrrole nitrogens is 1. The molecule has 21 heavy (non-hydrogen) atoms. The topological polar surface area (TPSA) is 163 Å². The number of nitrogens with zero attached hydrogens (tertiary/aromatic N) is 4. The third-order valence-electron chi connectivity index (χ3n) is 3.49. The lowest BCUT2D eigenvalue weighted by molar-refractivity contribution is -0.0904. The first-order valence-corrected chi connectivity index (χ1v) is 6.11. The fraction of sp³-hybridized carbons (Fsp3) is 0.455. The van der Waals surface area contributed by atoms with Gasteiger partial charge in [0.1, 0.15) is 18.4 Å². The van der Waals surface area contributed by atoms with Crippen molar-refractivity contribution in [1.82, 2.24) is 19.5 Å². The lowest BCUT2D eigenvalue weighted by Gasteiger charge is -2.21. The van der Waals surface area contributed by atoms with Crippen molar-refractivity contribution in [3.63, 3.8) is 0 Å². The molecule has 0 aromatic carbocycles. The van der Waals surface area contributed by atoms with Crippen LogP contribution in [-0.2, 0) is 4.74 Å². The van der Waals surface area contributed by atoms with E-state index in [0.29, 0.717) is 0 Å². The number of hydrogen-bond acceptors (Lipinski definition) is 8. The largest absolute Gasteiger partial charge is 0.392 e. The molecule has 1 aliphatic heterocycles. The van der Waals surface area contributed by atoms with Gasteiger partial charge in [0.15, 0.2) is 11.2 Å². The molecule has 1 saturated heterocycles. The van der Waals surface area contributed by atoms with Crippen LogP contribution in [0.4, 0.5) is 5.95 Å². The molecule has 0 radical (unpaired) electrons. The predicted octanol–water partition coefficient (Wildman–Crippen LogP) is -1.76. The summed E-state index contributed by atoms with van der Waals surface area (Å²) in [5.74, 6) is -0.0819. The summed E-state index contributed by atoms with van der Waals surface area (Å²) in [6.07, 6.45) is -0.595. The van der Waals surface area contributed by atoms with Gasteiger partial charge in [-0.2, -0.15) is 10.2 Å². The molecule has 3 heterocycles. The van der Waals surface area contributed by atoms with Crippen molar-refractivity contribution in [2.75, 3.05) is 12.3 Å². The monoisotopic (exact) mass is 292 g/mol. The van der Waals surface area contributed by atoms with Crippen LogP contribution in [-0.4, -0.2) is 48.0 Å². The smallest absolute Gasteiger partial charge is 0.280 e. The molecule has 0 amide bonds. The van der Waals surface area contributed by atoms with Gasteiger partial charge < -0.3 is 20.7 Å². The summed E-state index contributed by atoms with van der Waals surface area (Å²) >= 11 is 0. The molecule has 0 spiro atoms. The summed E-state index contributed by atoms with van der Waals surface area (Å²) in [6, 6.07) is 1.77. The molecule has 3 atom stereocenters. The fourth-order valence-corrected chi connectivity index (χ4v) is 2.35. The van der Waals surface area contributed by atoms with Crippen molar-refractivity contribution < 1.29 is 14.9 Å². The molecule has 10 heteroatoms. The van der Waals surface area contributed by atoms with Crippen LogP contribution in [0.2, 0.25) is 0 Å². The zero-order valence-electron chi connectivity index (χ0n) is 10.7. The average molecular weight is 292 g/mol. The maximum Gasteiger partial charge on any atom is 0.280 e. The van der Waals surface area contributed by atoms with E-state index in [0.717, 1.165) is 0 Å². The number of nitriles is 1. The first kappa shape index (κ1) is 13.5. The lowest BCUT2D eigenvalue weighted by Crippen LogP contribution is -2.41. The van der Waals surface area contributed by atoms with Crippen molar-refractivity contribution >= 4 is 17.1 Å². The fourth-order valence-electron chi connectivity index (χ4n) is 2.35. The second-order valence-corrected chi connectivity index (χ2v) is 4.76. The summed E-state index contributed by atoms with van der Waals surface area (Å²) in [5, 5.41) is 28.3. The van der Waals surface area contributed by atoms with Gasteiger partial charge in [0.05, 0.1) is 12.9 Å². The molecule has 1 aliphatic rings. The molecule has 1 fully saturated rings. The van der Waals surface area contributed by atoms with Crippen molar-refractivity contribution in [3.8, 4) is 6.07 Å². The first-order chi connectivity index (χ1) is 10.0. The highest BCUT2D eigenvalue weighted by molar-refractivity contribution is 5.70. The van der Waals surface area contributed by atoms with Gasteiger partial charge in [-0.3, -0.25) is 14.3 Å². The molecule has 10 nitrogen and oxygen atoms in total. The van der Waals surface area contributed by atoms with Crippen LogP contribution in [0.1, 0.15) is 12.6 Å². The van der Waals surface area contributed by atoms with Gasteiger partial charge in [-0.1, -0.05) is 0 Å². The number of aromatic amines is 1. The standard InChI is InChI=1S/C11H12N6O4/c12-2-11(3-18)5(19)1-6(21-11)17-4-14-7-8(17)15-10(13)16-9(7)20/h4-6,18-19H,1,3H2,(H3,13,15,16,20)/t5?,6-,11-/m1/s1. The molecule has 0 saturated carbocycles. The van der Waals surface area contributed by atoms with E-state index in [1.807, 2.05) is 0 Å². The summed E-state index contributed by atoms with van der Waals surface area (Å²) < 4.78 is 6.86. The van der Waals surface area contributed by atoms with Crippen molar-refractivity contribution in [2.45, 2.75) is 24.4 Å². The minimum atomic E-state index is -1.70. The second kappa shape index (κ2) is 4.52. The van der Waals surface area contributed by atoms with Crippen molar-refractivity contribution in [3.05, 3.63) is 16.7 Å². The third-order valence-corrected chi connectivity index (χ3v) is 3.49. The molecule has 5 N–H and O–H groups in total. The number of nitrogens with one attached hydrogen (secondary N) is 1. The average Bonchev–Trinajstić information content (AvgIpc) is 3.00. The molecular formula is C11H12N6O4. The van der Waals surface area contributed by atoms with Gasteiger partial charge in [-0.25, -0.2) is 4.98 Å². The van der Waals surface area contributed by atoms with Gasteiger partial charge >= 0.3 is 0 Å². The molecule has 0 aliphatic carbocycles. The molecule has 0 bridgehead atoms. The zero-order valence-corrected chi connectivity index (χ0v) is 10.7. The molecule has 2 aromatic heterocycles. The van der Waals surface area contributed by atoms with Crippen LogP contribution in [0.25, 0.3) is 11.2 Å². The third kappa shape index (κ3) is 1.87. The molecule has 110 valence electrons. The minimum Gasteiger partial charge on any atom is -0.392 e. The SMILES string of the molecule is N#C[C@]1(CO)O[C@@H](n2cnc3c(=O)[nH]c(N)nc32)CC1O. The van der Waals surface area contributed by atoms with E-state index >= 15 is 0 Å². The number of rotatable bonds is 2. The molecule has 2 aromatic rings. The number of hydrogen-bond donors (Lipinski definition) is 4. The number of nitrogen functional groups attached to an aromatic ring is 1. The molecule has 3 rings (SSSR count). The Morgan fingerprint density at radius 3 is 3.10 bits per heavy atom. The minimum absolute atomic E-state index is 0.0496. The summed E-state index contributed by atoms with van der Waals surface area (Å²) in [5.41, 5.74) is 3.55. The van der Waals surface area contributed by atoms with Crippen LogP contribution in [0, 0.1) is 11.3 Å². The van der Waals surface area contributed by atoms with Gasteiger partial charge in [-0.05, 0) is 0 Å². The van der Waals surface area contributed by atoms with Crippen LogP contribution in [0.3, 0.4) is 0 Å². The highest BCUT2D eigenvalue weighted by Gasteiger charge is 2.49. The number of aliphatic hydroxyl groups is 2. The van der Waals surface area contributed by atoms with E-state index in [1.165, 1.54) is 10.9 Å². The Morgan fingerprint density at radius 2 is 2.48 bits per heavy atom. The first-order valence-electron chi connectivity index (χ1n) is 6.11. The van der Waals surface area contributed by atoms with E-state index in [-0.39, 0.29) is 23.5 Å². The molecular weight excluding hydrogens is 280 g/mol. The highest BCUT2D eigenvalue weighted by atomic mass is 16.6. The quantitative estimate of drug-likeness (QED) is 0.505. The molecule has 1 unspecified atom stereocenters. The van der Waals surface area contributed by atoms with Gasteiger partial charge in [0.2, 0.25) is 11.5 Å². The van der Waals surface area contributed by atoms with Crippen LogP contribution in [0.15, 0.2) is 11.1 Å². The maximum atomic E-state index is 11.7. The Labute approximate surface area is 117 Å². The number of imidazole rings is 1. The van der Waals surface area contributed by atoms with Gasteiger partial charge in [-0.15, -0.1) is 0 Å². The van der Waals surface area contributed by atoms with E-state index in [2.05, 4.69) is 15.0 Å². The van der Waals surface area contributed by atoms with E-state index < -0.39 is 30.1 Å². The normalized spacial score (nSPS) is 28.8. The maximum absolute atomic E-state index is 11.7. The van der Waals surface area contributed by atoms with Gasteiger partial charge in [0, 0.05) is 6.42 Å². The Morgan fingerprint density at radius 1 is 1.71 bits per heavy atom. The summed E-state index contributed by atoms with van der Waals surface area (Å²) in [6.45, 7) is -0.649. The Kier molecular flexibility index (Phi) is 2.91. The van der Waals surface area contributed by atoms with Crippen LogP contribution in [0.5, 0.6) is 0 Å². The summed E-state index contributed by atoms with van der Waals surface area (Å²) in [4.78, 5) is 21.9. The number of anilines is 1. The van der Waals surface area contributed by atoms with E-state index in [4.69, 9.17) is 15.7 Å².